The number of halogens is 2. The lowest BCUT2D eigenvalue weighted by Gasteiger charge is -2.28. The Morgan fingerprint density at radius 2 is 2.10 bits per heavy atom. The molecule has 0 aliphatic heterocycles. The molecular weight excluding hydrogens is 272 g/mol. The monoisotopic (exact) mass is 297 g/mol. The number of alkyl halides is 2. The molecule has 2 rings (SSSR count). The van der Waals surface area contributed by atoms with Gasteiger partial charge in [-0.2, -0.15) is 8.78 Å². The molecule has 1 aliphatic carbocycles. The fourth-order valence-electron chi connectivity index (χ4n) is 3.12. The molecule has 1 aliphatic rings. The van der Waals surface area contributed by atoms with Crippen LogP contribution in [0.1, 0.15) is 50.8 Å². The number of benzene rings is 1. The summed E-state index contributed by atoms with van der Waals surface area (Å²) in [4.78, 5) is 0. The van der Waals surface area contributed by atoms with Gasteiger partial charge in [0.25, 0.3) is 0 Å². The van der Waals surface area contributed by atoms with Crippen molar-refractivity contribution in [2.45, 2.75) is 52.7 Å². The number of aryl methyl sites for hydroxylation is 1. The first-order chi connectivity index (χ1) is 10.0. The van der Waals surface area contributed by atoms with Gasteiger partial charge in [-0.05, 0) is 60.9 Å². The smallest absolute Gasteiger partial charge is 0.387 e. The van der Waals surface area contributed by atoms with E-state index in [0.717, 1.165) is 31.4 Å². The summed E-state index contributed by atoms with van der Waals surface area (Å²) in [5.74, 6) is 1.33. The molecule has 0 saturated carbocycles. The largest absolute Gasteiger partial charge is 0.435 e. The number of rotatable bonds is 5. The zero-order chi connectivity index (χ0) is 15.4. The molecule has 21 heavy (non-hydrogen) atoms. The second kappa shape index (κ2) is 7.21. The van der Waals surface area contributed by atoms with Gasteiger partial charge in [0.15, 0.2) is 0 Å². The maximum absolute atomic E-state index is 12.4. The standard InChI is InChI=1S/C17H25F2NO/c1-4-9-20-16-12(3)11(2)5-6-13-7-8-14(10-15(13)16)21-17(18)19/h7-8,10-12,16-17,20H,4-6,9H2,1-3H3. The van der Waals surface area contributed by atoms with Crippen molar-refractivity contribution in [2.75, 3.05) is 6.54 Å². The molecule has 2 nitrogen and oxygen atoms in total. The Bertz CT molecular complexity index is 464. The van der Waals surface area contributed by atoms with Gasteiger partial charge in [0, 0.05) is 6.04 Å². The first-order valence-electron chi connectivity index (χ1n) is 7.84. The van der Waals surface area contributed by atoms with Crippen molar-refractivity contribution in [1.82, 2.24) is 5.32 Å². The summed E-state index contributed by atoms with van der Waals surface area (Å²) in [5, 5.41) is 3.59. The molecule has 0 heterocycles. The molecule has 1 N–H and O–H groups in total. The lowest BCUT2D eigenvalue weighted by Crippen LogP contribution is -2.30. The van der Waals surface area contributed by atoms with Crippen LogP contribution in [0.25, 0.3) is 0 Å². The van der Waals surface area contributed by atoms with Crippen LogP contribution in [0.15, 0.2) is 18.2 Å². The fourth-order valence-corrected chi connectivity index (χ4v) is 3.12. The molecule has 1 aromatic carbocycles. The van der Waals surface area contributed by atoms with E-state index in [2.05, 4.69) is 30.8 Å². The van der Waals surface area contributed by atoms with E-state index < -0.39 is 6.61 Å². The predicted octanol–water partition coefficient (Wildman–Crippen LogP) is 4.55. The van der Waals surface area contributed by atoms with Gasteiger partial charge in [0.2, 0.25) is 0 Å². The van der Waals surface area contributed by atoms with Crippen LogP contribution in [0.2, 0.25) is 0 Å². The Hall–Kier alpha value is -1.16. The summed E-state index contributed by atoms with van der Waals surface area (Å²) in [6.45, 7) is 4.81. The summed E-state index contributed by atoms with van der Waals surface area (Å²) in [6.07, 6.45) is 3.19. The molecule has 0 saturated heterocycles. The van der Waals surface area contributed by atoms with Crippen LogP contribution in [0, 0.1) is 11.8 Å². The van der Waals surface area contributed by atoms with Crippen molar-refractivity contribution in [3.63, 3.8) is 0 Å². The molecule has 4 heteroatoms. The van der Waals surface area contributed by atoms with Gasteiger partial charge < -0.3 is 10.1 Å². The lowest BCUT2D eigenvalue weighted by atomic mass is 9.85. The van der Waals surface area contributed by atoms with Gasteiger partial charge in [-0.15, -0.1) is 0 Å². The van der Waals surface area contributed by atoms with Gasteiger partial charge in [0.1, 0.15) is 5.75 Å². The Morgan fingerprint density at radius 1 is 1.33 bits per heavy atom. The van der Waals surface area contributed by atoms with E-state index >= 15 is 0 Å². The molecular formula is C17H25F2NO. The van der Waals surface area contributed by atoms with Gasteiger partial charge >= 0.3 is 6.61 Å². The van der Waals surface area contributed by atoms with E-state index in [9.17, 15) is 8.78 Å². The van der Waals surface area contributed by atoms with Gasteiger partial charge in [-0.1, -0.05) is 26.8 Å². The third-order valence-corrected chi connectivity index (χ3v) is 4.58. The van der Waals surface area contributed by atoms with Crippen LogP contribution in [0.3, 0.4) is 0 Å². The van der Waals surface area contributed by atoms with E-state index in [4.69, 9.17) is 0 Å². The SMILES string of the molecule is CCCNC1c2cc(OC(F)F)ccc2CCC(C)C1C. The highest BCUT2D eigenvalue weighted by Gasteiger charge is 2.29. The molecule has 0 fully saturated rings. The average molecular weight is 297 g/mol. The topological polar surface area (TPSA) is 21.3 Å². The minimum Gasteiger partial charge on any atom is -0.435 e. The van der Waals surface area contributed by atoms with E-state index in [1.54, 1.807) is 12.1 Å². The summed E-state index contributed by atoms with van der Waals surface area (Å²) in [6, 6.07) is 5.60. The second-order valence-corrected chi connectivity index (χ2v) is 6.05. The third kappa shape index (κ3) is 3.94. The summed E-state index contributed by atoms with van der Waals surface area (Å²) >= 11 is 0. The highest BCUT2D eigenvalue weighted by Crippen LogP contribution is 2.38. The van der Waals surface area contributed by atoms with E-state index in [-0.39, 0.29) is 11.8 Å². The quantitative estimate of drug-likeness (QED) is 0.805. The van der Waals surface area contributed by atoms with Crippen LogP contribution >= 0.6 is 0 Å². The van der Waals surface area contributed by atoms with Crippen LogP contribution in [-0.2, 0) is 6.42 Å². The van der Waals surface area contributed by atoms with E-state index in [0.29, 0.717) is 11.8 Å². The zero-order valence-corrected chi connectivity index (χ0v) is 13.0. The molecule has 0 aromatic heterocycles. The van der Waals surface area contributed by atoms with Crippen molar-refractivity contribution in [2.24, 2.45) is 11.8 Å². The first kappa shape index (κ1) is 16.2. The second-order valence-electron chi connectivity index (χ2n) is 6.05. The van der Waals surface area contributed by atoms with Crippen LogP contribution < -0.4 is 10.1 Å². The molecule has 0 amide bonds. The van der Waals surface area contributed by atoms with Crippen molar-refractivity contribution >= 4 is 0 Å². The highest BCUT2D eigenvalue weighted by molar-refractivity contribution is 5.39. The third-order valence-electron chi connectivity index (χ3n) is 4.58. The molecule has 0 radical (unpaired) electrons. The average Bonchev–Trinajstić information content (AvgIpc) is 2.55. The van der Waals surface area contributed by atoms with Crippen molar-refractivity contribution < 1.29 is 13.5 Å². The number of ether oxygens (including phenoxy) is 1. The minimum atomic E-state index is -2.77. The Labute approximate surface area is 125 Å². The highest BCUT2D eigenvalue weighted by atomic mass is 19.3. The molecule has 0 spiro atoms. The van der Waals surface area contributed by atoms with Crippen LogP contribution in [0.5, 0.6) is 5.75 Å². The molecule has 118 valence electrons. The van der Waals surface area contributed by atoms with Crippen molar-refractivity contribution in [3.8, 4) is 5.75 Å². The first-order valence-corrected chi connectivity index (χ1v) is 7.84. The number of fused-ring (bicyclic) bond motifs is 1. The van der Waals surface area contributed by atoms with Crippen molar-refractivity contribution in [3.05, 3.63) is 29.3 Å². The van der Waals surface area contributed by atoms with Crippen LogP contribution in [0.4, 0.5) is 8.78 Å². The molecule has 1 aromatic rings. The normalized spacial score (nSPS) is 25.5. The summed E-state index contributed by atoms with van der Waals surface area (Å²) in [7, 11) is 0. The molecule has 3 unspecified atom stereocenters. The number of nitrogens with one attached hydrogen (secondary N) is 1. The van der Waals surface area contributed by atoms with E-state index in [1.165, 1.54) is 5.56 Å². The van der Waals surface area contributed by atoms with Crippen LogP contribution in [-0.4, -0.2) is 13.2 Å². The summed E-state index contributed by atoms with van der Waals surface area (Å²) < 4.78 is 29.4. The Morgan fingerprint density at radius 3 is 2.76 bits per heavy atom. The molecule has 3 atom stereocenters. The Balaban J connectivity index is 2.33. The van der Waals surface area contributed by atoms with Gasteiger partial charge in [-0.3, -0.25) is 0 Å². The lowest BCUT2D eigenvalue weighted by molar-refractivity contribution is -0.0499. The zero-order valence-electron chi connectivity index (χ0n) is 13.0. The number of hydrogen-bond donors (Lipinski definition) is 1. The number of hydrogen-bond acceptors (Lipinski definition) is 2. The maximum Gasteiger partial charge on any atom is 0.387 e. The molecule has 0 bridgehead atoms. The van der Waals surface area contributed by atoms with E-state index in [1.807, 2.05) is 6.07 Å². The Kier molecular flexibility index (Phi) is 5.57. The maximum atomic E-state index is 12.4. The van der Waals surface area contributed by atoms with Crippen molar-refractivity contribution in [1.29, 1.82) is 0 Å². The van der Waals surface area contributed by atoms with Gasteiger partial charge in [-0.25, -0.2) is 0 Å². The predicted molar refractivity (Wildman–Crippen MR) is 80.8 cm³/mol. The fraction of sp³-hybridized carbons (Fsp3) is 0.647. The summed E-state index contributed by atoms with van der Waals surface area (Å²) in [5.41, 5.74) is 2.37. The minimum absolute atomic E-state index is 0.207. The van der Waals surface area contributed by atoms with Gasteiger partial charge in [0.05, 0.1) is 0 Å².